The maximum absolute atomic E-state index is 10.2. The number of rotatable bonds is 3. The van der Waals surface area contributed by atoms with Gasteiger partial charge in [0.05, 0.1) is 5.69 Å². The molecule has 2 unspecified atom stereocenters. The van der Waals surface area contributed by atoms with E-state index in [4.69, 9.17) is 0 Å². The van der Waals surface area contributed by atoms with Gasteiger partial charge in [-0.15, -0.1) is 0 Å². The number of benzene rings is 1. The van der Waals surface area contributed by atoms with Gasteiger partial charge in [0.25, 0.3) is 0 Å². The van der Waals surface area contributed by atoms with E-state index in [2.05, 4.69) is 5.10 Å². The van der Waals surface area contributed by atoms with E-state index in [1.807, 2.05) is 56.6 Å². The normalized spacial score (nSPS) is 14.7. The van der Waals surface area contributed by atoms with Crippen molar-refractivity contribution in [2.24, 2.45) is 7.05 Å². The van der Waals surface area contributed by atoms with Gasteiger partial charge in [-0.05, 0) is 11.6 Å². The average Bonchev–Trinajstić information content (AvgIpc) is 2.75. The first kappa shape index (κ1) is 10.9. The Kier molecular flexibility index (Phi) is 3.06. The minimum atomic E-state index is -0.552. The molecular weight excluding hydrogens is 200 g/mol. The molecule has 0 bridgehead atoms. The van der Waals surface area contributed by atoms with Crippen LogP contribution in [0.5, 0.6) is 0 Å². The smallest absolute Gasteiger partial charge is 0.104 e. The molecule has 1 aromatic heterocycles. The number of aliphatic hydroxyl groups excluding tert-OH is 1. The lowest BCUT2D eigenvalue weighted by molar-refractivity contribution is 0.146. The maximum atomic E-state index is 10.2. The molecule has 0 fully saturated rings. The molecule has 2 atom stereocenters. The van der Waals surface area contributed by atoms with Crippen LogP contribution in [-0.2, 0) is 7.05 Å². The molecular formula is C13H16N2O. The number of nitrogens with zero attached hydrogens (tertiary/aromatic N) is 2. The van der Waals surface area contributed by atoms with Crippen LogP contribution in [0, 0.1) is 0 Å². The summed E-state index contributed by atoms with van der Waals surface area (Å²) in [6.45, 7) is 2.01. The maximum Gasteiger partial charge on any atom is 0.104 e. The summed E-state index contributed by atoms with van der Waals surface area (Å²) < 4.78 is 1.70. The molecule has 0 saturated carbocycles. The van der Waals surface area contributed by atoms with Crippen molar-refractivity contribution >= 4 is 0 Å². The van der Waals surface area contributed by atoms with Gasteiger partial charge in [0, 0.05) is 19.2 Å². The van der Waals surface area contributed by atoms with E-state index in [-0.39, 0.29) is 5.92 Å². The minimum absolute atomic E-state index is 0.0519. The lowest BCUT2D eigenvalue weighted by Gasteiger charge is -2.17. The van der Waals surface area contributed by atoms with Crippen molar-refractivity contribution in [1.82, 2.24) is 9.78 Å². The highest BCUT2D eigenvalue weighted by Gasteiger charge is 2.19. The quantitative estimate of drug-likeness (QED) is 0.854. The van der Waals surface area contributed by atoms with E-state index in [0.29, 0.717) is 0 Å². The number of aryl methyl sites for hydroxylation is 1. The third-order valence-corrected chi connectivity index (χ3v) is 2.84. The van der Waals surface area contributed by atoms with Gasteiger partial charge in [0.2, 0.25) is 0 Å². The Morgan fingerprint density at radius 3 is 2.44 bits per heavy atom. The summed E-state index contributed by atoms with van der Waals surface area (Å²) in [4.78, 5) is 0. The molecule has 0 saturated heterocycles. The Balaban J connectivity index is 2.19. The molecule has 1 aromatic carbocycles. The number of aromatic nitrogens is 2. The van der Waals surface area contributed by atoms with Crippen LogP contribution in [-0.4, -0.2) is 14.9 Å². The summed E-state index contributed by atoms with van der Waals surface area (Å²) in [7, 11) is 1.85. The Morgan fingerprint density at radius 1 is 1.19 bits per heavy atom. The van der Waals surface area contributed by atoms with Crippen molar-refractivity contribution in [3.63, 3.8) is 0 Å². The standard InChI is InChI=1S/C13H16N2O/c1-10(11-6-4-3-5-7-11)13(16)12-8-9-15(2)14-12/h3-10,13,16H,1-2H3. The molecule has 0 radical (unpaired) electrons. The second-order valence-corrected chi connectivity index (χ2v) is 4.06. The van der Waals surface area contributed by atoms with E-state index in [0.717, 1.165) is 11.3 Å². The van der Waals surface area contributed by atoms with Crippen LogP contribution < -0.4 is 0 Å². The molecule has 3 nitrogen and oxygen atoms in total. The average molecular weight is 216 g/mol. The third-order valence-electron chi connectivity index (χ3n) is 2.84. The minimum Gasteiger partial charge on any atom is -0.386 e. The zero-order valence-electron chi connectivity index (χ0n) is 9.54. The number of hydrogen-bond donors (Lipinski definition) is 1. The van der Waals surface area contributed by atoms with E-state index in [1.165, 1.54) is 0 Å². The summed E-state index contributed by atoms with van der Waals surface area (Å²) in [6, 6.07) is 11.8. The van der Waals surface area contributed by atoms with Gasteiger partial charge in [0.1, 0.15) is 6.10 Å². The van der Waals surface area contributed by atoms with Crippen molar-refractivity contribution in [3.05, 3.63) is 53.9 Å². The first-order valence-electron chi connectivity index (χ1n) is 5.41. The Bertz CT molecular complexity index is 450. The zero-order chi connectivity index (χ0) is 11.5. The topological polar surface area (TPSA) is 38.0 Å². The van der Waals surface area contributed by atoms with Crippen LogP contribution in [0.1, 0.15) is 30.2 Å². The van der Waals surface area contributed by atoms with Crippen molar-refractivity contribution < 1.29 is 5.11 Å². The van der Waals surface area contributed by atoms with E-state index < -0.39 is 6.10 Å². The highest BCUT2D eigenvalue weighted by atomic mass is 16.3. The molecule has 0 aliphatic rings. The van der Waals surface area contributed by atoms with Crippen LogP contribution >= 0.6 is 0 Å². The summed E-state index contributed by atoms with van der Waals surface area (Å²) >= 11 is 0. The Labute approximate surface area is 95.3 Å². The lowest BCUT2D eigenvalue weighted by atomic mass is 9.94. The van der Waals surface area contributed by atoms with E-state index in [9.17, 15) is 5.11 Å². The summed E-state index contributed by atoms with van der Waals surface area (Å²) in [5.41, 5.74) is 1.85. The second kappa shape index (κ2) is 4.49. The molecule has 1 N–H and O–H groups in total. The summed E-state index contributed by atoms with van der Waals surface area (Å²) in [6.07, 6.45) is 1.29. The first-order valence-corrected chi connectivity index (χ1v) is 5.41. The fourth-order valence-electron chi connectivity index (χ4n) is 1.79. The summed E-state index contributed by atoms with van der Waals surface area (Å²) in [5.74, 6) is 0.0519. The largest absolute Gasteiger partial charge is 0.386 e. The number of hydrogen-bond acceptors (Lipinski definition) is 2. The van der Waals surface area contributed by atoms with Gasteiger partial charge in [-0.3, -0.25) is 4.68 Å². The predicted octanol–water partition coefficient (Wildman–Crippen LogP) is 2.26. The van der Waals surface area contributed by atoms with Gasteiger partial charge in [0.15, 0.2) is 0 Å². The number of aliphatic hydroxyl groups is 1. The molecule has 2 rings (SSSR count). The van der Waals surface area contributed by atoms with Crippen molar-refractivity contribution in [1.29, 1.82) is 0 Å². The summed E-state index contributed by atoms with van der Waals surface area (Å²) in [5, 5.41) is 14.4. The lowest BCUT2D eigenvalue weighted by Crippen LogP contribution is -2.08. The fraction of sp³-hybridized carbons (Fsp3) is 0.308. The van der Waals surface area contributed by atoms with Crippen LogP contribution in [0.25, 0.3) is 0 Å². The first-order chi connectivity index (χ1) is 7.68. The predicted molar refractivity (Wildman–Crippen MR) is 63.0 cm³/mol. The van der Waals surface area contributed by atoms with Crippen LogP contribution in [0.2, 0.25) is 0 Å². The van der Waals surface area contributed by atoms with Crippen molar-refractivity contribution in [3.8, 4) is 0 Å². The molecule has 0 aliphatic carbocycles. The molecule has 3 heteroatoms. The van der Waals surface area contributed by atoms with Gasteiger partial charge < -0.3 is 5.11 Å². The van der Waals surface area contributed by atoms with Crippen molar-refractivity contribution in [2.75, 3.05) is 0 Å². The molecule has 16 heavy (non-hydrogen) atoms. The third kappa shape index (κ3) is 2.14. The van der Waals surface area contributed by atoms with Gasteiger partial charge >= 0.3 is 0 Å². The van der Waals surface area contributed by atoms with Crippen LogP contribution in [0.3, 0.4) is 0 Å². The molecule has 2 aromatic rings. The molecule has 0 spiro atoms. The SMILES string of the molecule is CC(c1ccccc1)C(O)c1ccn(C)n1. The molecule has 0 amide bonds. The highest BCUT2D eigenvalue weighted by Crippen LogP contribution is 2.28. The molecule has 1 heterocycles. The van der Waals surface area contributed by atoms with Gasteiger partial charge in [-0.25, -0.2) is 0 Å². The van der Waals surface area contributed by atoms with Gasteiger partial charge in [-0.1, -0.05) is 37.3 Å². The molecule has 84 valence electrons. The Morgan fingerprint density at radius 2 is 1.88 bits per heavy atom. The Hall–Kier alpha value is -1.61. The van der Waals surface area contributed by atoms with E-state index in [1.54, 1.807) is 4.68 Å². The van der Waals surface area contributed by atoms with Crippen molar-refractivity contribution in [2.45, 2.75) is 18.9 Å². The van der Waals surface area contributed by atoms with E-state index >= 15 is 0 Å². The zero-order valence-corrected chi connectivity index (χ0v) is 9.54. The van der Waals surface area contributed by atoms with Crippen LogP contribution in [0.4, 0.5) is 0 Å². The highest BCUT2D eigenvalue weighted by molar-refractivity contribution is 5.22. The van der Waals surface area contributed by atoms with Gasteiger partial charge in [-0.2, -0.15) is 5.10 Å². The molecule has 0 aliphatic heterocycles. The van der Waals surface area contributed by atoms with Crippen LogP contribution in [0.15, 0.2) is 42.6 Å². The monoisotopic (exact) mass is 216 g/mol. The fourth-order valence-corrected chi connectivity index (χ4v) is 1.79. The second-order valence-electron chi connectivity index (χ2n) is 4.06.